The molecule has 2 aromatic rings. The van der Waals surface area contributed by atoms with Crippen LogP contribution in [0.1, 0.15) is 5.56 Å². The summed E-state index contributed by atoms with van der Waals surface area (Å²) < 4.78 is 10.2. The summed E-state index contributed by atoms with van der Waals surface area (Å²) in [5, 5.41) is 11.8. The van der Waals surface area contributed by atoms with E-state index >= 15 is 0 Å². The Balaban J connectivity index is 1.90. The van der Waals surface area contributed by atoms with E-state index in [1.165, 1.54) is 18.9 Å². The van der Waals surface area contributed by atoms with Gasteiger partial charge in [-0.2, -0.15) is 5.26 Å². The number of methoxy groups -OCH3 is 1. The number of nitriles is 1. The first-order chi connectivity index (χ1) is 13.0. The first-order valence-electron chi connectivity index (χ1n) is 7.90. The number of nitrogens with one attached hydrogen (secondary N) is 1. The van der Waals surface area contributed by atoms with E-state index in [2.05, 4.69) is 5.32 Å². The Hall–Kier alpha value is -2.69. The van der Waals surface area contributed by atoms with Gasteiger partial charge in [-0.05, 0) is 30.3 Å². The van der Waals surface area contributed by atoms with Gasteiger partial charge in [0.05, 0.1) is 31.0 Å². The zero-order valence-corrected chi connectivity index (χ0v) is 16.1. The number of esters is 1. The van der Waals surface area contributed by atoms with Crippen LogP contribution < -0.4 is 10.1 Å². The Labute approximate surface area is 166 Å². The molecule has 0 aliphatic carbocycles. The number of carbonyl (C=O) groups excluding carboxylic acids is 2. The number of hydrogen-bond acceptors (Lipinski definition) is 6. The van der Waals surface area contributed by atoms with Crippen molar-refractivity contribution in [1.29, 1.82) is 5.26 Å². The topological polar surface area (TPSA) is 88.4 Å². The molecular formula is C19H17ClN2O4S. The van der Waals surface area contributed by atoms with Crippen LogP contribution in [0.15, 0.2) is 47.4 Å². The number of hydrogen-bond donors (Lipinski definition) is 1. The van der Waals surface area contributed by atoms with Crippen molar-refractivity contribution < 1.29 is 19.1 Å². The van der Waals surface area contributed by atoms with Crippen molar-refractivity contribution in [3.8, 4) is 11.8 Å². The highest BCUT2D eigenvalue weighted by Gasteiger charge is 2.13. The second kappa shape index (κ2) is 10.5. The summed E-state index contributed by atoms with van der Waals surface area (Å²) in [5.41, 5.74) is 1.14. The Morgan fingerprint density at radius 1 is 1.26 bits per heavy atom. The SMILES string of the molecule is COc1ccc(Cl)cc1CC(=O)OCC(=O)Nc1ccccc1SCC#N. The van der Waals surface area contributed by atoms with Gasteiger partial charge in [-0.25, -0.2) is 0 Å². The van der Waals surface area contributed by atoms with Crippen LogP contribution in [0.3, 0.4) is 0 Å². The number of amides is 1. The van der Waals surface area contributed by atoms with E-state index in [4.69, 9.17) is 26.3 Å². The molecule has 0 aliphatic rings. The summed E-state index contributed by atoms with van der Waals surface area (Å²) in [6.07, 6.45) is -0.0639. The average Bonchev–Trinajstić information content (AvgIpc) is 2.66. The zero-order chi connectivity index (χ0) is 19.6. The predicted octanol–water partition coefficient (Wildman–Crippen LogP) is 3.69. The Morgan fingerprint density at radius 2 is 2.04 bits per heavy atom. The average molecular weight is 405 g/mol. The number of halogens is 1. The van der Waals surface area contributed by atoms with Crippen LogP contribution >= 0.6 is 23.4 Å². The Bertz CT molecular complexity index is 867. The summed E-state index contributed by atoms with van der Waals surface area (Å²) in [6, 6.07) is 14.1. The van der Waals surface area contributed by atoms with Crippen molar-refractivity contribution in [3.05, 3.63) is 53.1 Å². The van der Waals surface area contributed by atoms with Crippen LogP contribution in [0.25, 0.3) is 0 Å². The molecule has 8 heteroatoms. The molecule has 0 radical (unpaired) electrons. The molecule has 2 aromatic carbocycles. The lowest BCUT2D eigenvalue weighted by molar-refractivity contribution is -0.146. The molecule has 0 atom stereocenters. The monoisotopic (exact) mass is 404 g/mol. The highest BCUT2D eigenvalue weighted by Crippen LogP contribution is 2.26. The van der Waals surface area contributed by atoms with Gasteiger partial charge in [0.15, 0.2) is 6.61 Å². The van der Waals surface area contributed by atoms with Crippen molar-refractivity contribution >= 4 is 40.9 Å². The van der Waals surface area contributed by atoms with Gasteiger partial charge >= 0.3 is 5.97 Å². The lowest BCUT2D eigenvalue weighted by Crippen LogP contribution is -2.22. The van der Waals surface area contributed by atoms with Crippen molar-refractivity contribution in [1.82, 2.24) is 0 Å². The van der Waals surface area contributed by atoms with Gasteiger partial charge in [-0.3, -0.25) is 9.59 Å². The maximum Gasteiger partial charge on any atom is 0.310 e. The molecule has 140 valence electrons. The third-order valence-electron chi connectivity index (χ3n) is 3.39. The standard InChI is InChI=1S/C19H17ClN2O4S/c1-25-16-7-6-14(20)10-13(16)11-19(24)26-12-18(23)22-15-4-2-3-5-17(15)27-9-8-21/h2-7,10H,9,11-12H2,1H3,(H,22,23). The Kier molecular flexibility index (Phi) is 7.99. The maximum atomic E-state index is 12.1. The second-order valence-electron chi connectivity index (χ2n) is 5.28. The van der Waals surface area contributed by atoms with E-state index < -0.39 is 18.5 Å². The fourth-order valence-electron chi connectivity index (χ4n) is 2.23. The van der Waals surface area contributed by atoms with Crippen LogP contribution in [-0.4, -0.2) is 31.3 Å². The van der Waals surface area contributed by atoms with Gasteiger partial charge in [0.1, 0.15) is 5.75 Å². The summed E-state index contributed by atoms with van der Waals surface area (Å²) in [6.45, 7) is -0.418. The lowest BCUT2D eigenvalue weighted by Gasteiger charge is -2.11. The molecule has 0 bridgehead atoms. The van der Waals surface area contributed by atoms with E-state index in [-0.39, 0.29) is 12.2 Å². The number of carbonyl (C=O) groups is 2. The quantitative estimate of drug-likeness (QED) is 0.533. The maximum absolute atomic E-state index is 12.1. The van der Waals surface area contributed by atoms with Gasteiger partial charge in [0, 0.05) is 15.5 Å². The predicted molar refractivity (Wildman–Crippen MR) is 104 cm³/mol. The number of nitrogens with zero attached hydrogens (tertiary/aromatic N) is 1. The van der Waals surface area contributed by atoms with Crippen molar-refractivity contribution in [2.45, 2.75) is 11.3 Å². The summed E-state index contributed by atoms with van der Waals surface area (Å²) >= 11 is 7.24. The zero-order valence-electron chi connectivity index (χ0n) is 14.5. The van der Waals surface area contributed by atoms with Crippen LogP contribution in [0.4, 0.5) is 5.69 Å². The molecule has 0 saturated carbocycles. The molecule has 0 aromatic heterocycles. The third kappa shape index (κ3) is 6.51. The number of rotatable bonds is 8. The largest absolute Gasteiger partial charge is 0.496 e. The minimum absolute atomic E-state index is 0.0639. The second-order valence-corrected chi connectivity index (χ2v) is 6.74. The molecule has 0 fully saturated rings. The van der Waals surface area contributed by atoms with Crippen LogP contribution in [0, 0.1) is 11.3 Å². The highest BCUT2D eigenvalue weighted by molar-refractivity contribution is 7.99. The molecule has 0 unspecified atom stereocenters. The summed E-state index contributed by atoms with van der Waals surface area (Å²) in [7, 11) is 1.49. The smallest absolute Gasteiger partial charge is 0.310 e. The fraction of sp³-hybridized carbons (Fsp3) is 0.211. The summed E-state index contributed by atoms with van der Waals surface area (Å²) in [4.78, 5) is 24.8. The number of thioether (sulfide) groups is 1. The number of para-hydroxylation sites is 1. The van der Waals surface area contributed by atoms with Crippen molar-refractivity contribution in [2.24, 2.45) is 0 Å². The first-order valence-corrected chi connectivity index (χ1v) is 9.26. The van der Waals surface area contributed by atoms with Crippen LogP contribution in [-0.2, 0) is 20.7 Å². The van der Waals surface area contributed by atoms with Crippen LogP contribution in [0.2, 0.25) is 5.02 Å². The fourth-order valence-corrected chi connectivity index (χ4v) is 3.09. The van der Waals surface area contributed by atoms with Crippen LogP contribution in [0.5, 0.6) is 5.75 Å². The van der Waals surface area contributed by atoms with E-state index in [1.54, 1.807) is 36.4 Å². The molecule has 2 rings (SSSR count). The van der Waals surface area contributed by atoms with Crippen molar-refractivity contribution in [2.75, 3.05) is 24.8 Å². The molecule has 6 nitrogen and oxygen atoms in total. The minimum atomic E-state index is -0.571. The normalized spacial score (nSPS) is 9.96. The lowest BCUT2D eigenvalue weighted by atomic mass is 10.1. The molecule has 27 heavy (non-hydrogen) atoms. The van der Waals surface area contributed by atoms with E-state index in [0.717, 1.165) is 4.90 Å². The van der Waals surface area contributed by atoms with Gasteiger partial charge in [-0.1, -0.05) is 23.7 Å². The number of benzene rings is 2. The molecular weight excluding hydrogens is 388 g/mol. The van der Waals surface area contributed by atoms with Gasteiger partial charge < -0.3 is 14.8 Å². The molecule has 1 N–H and O–H groups in total. The summed E-state index contributed by atoms with van der Waals surface area (Å²) in [5.74, 6) is -0.253. The molecule has 0 spiro atoms. The van der Waals surface area contributed by atoms with E-state index in [1.807, 2.05) is 12.1 Å². The molecule has 0 saturated heterocycles. The van der Waals surface area contributed by atoms with E-state index in [0.29, 0.717) is 22.0 Å². The third-order valence-corrected chi connectivity index (χ3v) is 4.57. The van der Waals surface area contributed by atoms with Gasteiger partial charge in [0.25, 0.3) is 5.91 Å². The highest BCUT2D eigenvalue weighted by atomic mass is 35.5. The van der Waals surface area contributed by atoms with Gasteiger partial charge in [0.2, 0.25) is 0 Å². The van der Waals surface area contributed by atoms with Gasteiger partial charge in [-0.15, -0.1) is 11.8 Å². The van der Waals surface area contributed by atoms with Crippen molar-refractivity contribution in [3.63, 3.8) is 0 Å². The number of anilines is 1. The first kappa shape index (κ1) is 20.6. The van der Waals surface area contributed by atoms with E-state index in [9.17, 15) is 9.59 Å². The Morgan fingerprint density at radius 3 is 2.78 bits per heavy atom. The number of ether oxygens (including phenoxy) is 2. The molecule has 1 amide bonds. The minimum Gasteiger partial charge on any atom is -0.496 e. The molecule has 0 heterocycles. The molecule has 0 aliphatic heterocycles.